The molecule has 0 atom stereocenters. The molecule has 1 heterocycles. The summed E-state index contributed by atoms with van der Waals surface area (Å²) >= 11 is 0. The standard InChI is InChI=1S/C17H20N4O2/c1-12-6-8-21(9-7-12)17(23)13(10-18)11-20-16(22)14-4-2-3-5-15(14)19/h2-5,11-12H,6-9,19H2,1H3,(H,20,22)/b13-11-. The maximum Gasteiger partial charge on any atom is 0.266 e. The van der Waals surface area contributed by atoms with Crippen LogP contribution in [0.1, 0.15) is 30.1 Å². The quantitative estimate of drug-likeness (QED) is 0.504. The summed E-state index contributed by atoms with van der Waals surface area (Å²) in [5.74, 6) is -0.203. The minimum absolute atomic E-state index is 0.0811. The molecule has 1 aromatic carbocycles. The van der Waals surface area contributed by atoms with Gasteiger partial charge in [-0.05, 0) is 30.9 Å². The van der Waals surface area contributed by atoms with Crippen molar-refractivity contribution in [3.05, 3.63) is 41.6 Å². The molecule has 1 aliphatic heterocycles. The molecule has 0 bridgehead atoms. The van der Waals surface area contributed by atoms with E-state index in [1.807, 2.05) is 6.07 Å². The number of carbonyl (C=O) groups is 2. The zero-order valence-electron chi connectivity index (χ0n) is 13.1. The van der Waals surface area contributed by atoms with Gasteiger partial charge in [0.2, 0.25) is 0 Å². The summed E-state index contributed by atoms with van der Waals surface area (Å²) in [6, 6.07) is 8.47. The van der Waals surface area contributed by atoms with Crippen molar-refractivity contribution in [1.82, 2.24) is 10.2 Å². The number of nitrogen functional groups attached to an aromatic ring is 1. The summed E-state index contributed by atoms with van der Waals surface area (Å²) < 4.78 is 0. The van der Waals surface area contributed by atoms with Crippen LogP contribution >= 0.6 is 0 Å². The molecule has 2 rings (SSSR count). The van der Waals surface area contributed by atoms with Crippen LogP contribution in [0.3, 0.4) is 0 Å². The van der Waals surface area contributed by atoms with Gasteiger partial charge < -0.3 is 16.0 Å². The van der Waals surface area contributed by atoms with E-state index in [1.165, 1.54) is 0 Å². The third kappa shape index (κ3) is 4.10. The van der Waals surface area contributed by atoms with Crippen LogP contribution in [0.4, 0.5) is 5.69 Å². The molecule has 0 radical (unpaired) electrons. The molecule has 0 saturated carbocycles. The number of benzene rings is 1. The number of rotatable bonds is 3. The summed E-state index contributed by atoms with van der Waals surface area (Å²) in [6.07, 6.45) is 3.02. The first-order valence-corrected chi connectivity index (χ1v) is 7.58. The highest BCUT2D eigenvalue weighted by Gasteiger charge is 2.23. The molecule has 2 amide bonds. The Morgan fingerprint density at radius 2 is 2.00 bits per heavy atom. The number of piperidine rings is 1. The van der Waals surface area contributed by atoms with Crippen molar-refractivity contribution in [2.45, 2.75) is 19.8 Å². The van der Waals surface area contributed by atoms with Crippen LogP contribution in [0.15, 0.2) is 36.0 Å². The molecule has 6 nitrogen and oxygen atoms in total. The van der Waals surface area contributed by atoms with Gasteiger partial charge >= 0.3 is 0 Å². The Hall–Kier alpha value is -2.81. The molecule has 1 aliphatic rings. The number of nitrogens with two attached hydrogens (primary N) is 1. The topological polar surface area (TPSA) is 99.2 Å². The number of hydrogen-bond donors (Lipinski definition) is 2. The van der Waals surface area contributed by atoms with Gasteiger partial charge in [-0.1, -0.05) is 19.1 Å². The summed E-state index contributed by atoms with van der Waals surface area (Å²) in [7, 11) is 0. The Morgan fingerprint density at radius 1 is 1.35 bits per heavy atom. The van der Waals surface area contributed by atoms with Crippen molar-refractivity contribution >= 4 is 17.5 Å². The van der Waals surface area contributed by atoms with Crippen molar-refractivity contribution in [3.8, 4) is 6.07 Å². The van der Waals surface area contributed by atoms with E-state index in [-0.39, 0.29) is 11.5 Å². The molecule has 3 N–H and O–H groups in total. The summed E-state index contributed by atoms with van der Waals surface area (Å²) in [5, 5.41) is 11.6. The lowest BCUT2D eigenvalue weighted by atomic mass is 9.99. The van der Waals surface area contributed by atoms with E-state index in [0.717, 1.165) is 19.0 Å². The van der Waals surface area contributed by atoms with Crippen molar-refractivity contribution in [2.75, 3.05) is 18.8 Å². The number of carbonyl (C=O) groups excluding carboxylic acids is 2. The van der Waals surface area contributed by atoms with Crippen molar-refractivity contribution in [3.63, 3.8) is 0 Å². The van der Waals surface area contributed by atoms with Crippen molar-refractivity contribution < 1.29 is 9.59 Å². The van der Waals surface area contributed by atoms with E-state index in [1.54, 1.807) is 29.2 Å². The Balaban J connectivity index is 2.04. The number of amides is 2. The minimum Gasteiger partial charge on any atom is -0.398 e. The van der Waals surface area contributed by atoms with Crippen LogP contribution in [0, 0.1) is 17.2 Å². The van der Waals surface area contributed by atoms with E-state index in [9.17, 15) is 14.9 Å². The Morgan fingerprint density at radius 3 is 2.61 bits per heavy atom. The monoisotopic (exact) mass is 312 g/mol. The van der Waals surface area contributed by atoms with Gasteiger partial charge in [0.15, 0.2) is 0 Å². The van der Waals surface area contributed by atoms with E-state index < -0.39 is 5.91 Å². The number of hydrogen-bond acceptors (Lipinski definition) is 4. The first-order chi connectivity index (χ1) is 11.0. The predicted octanol–water partition coefficient (Wildman–Crippen LogP) is 1.66. The van der Waals surface area contributed by atoms with Gasteiger partial charge in [-0.25, -0.2) is 0 Å². The number of likely N-dealkylation sites (tertiary alicyclic amines) is 1. The van der Waals surface area contributed by atoms with Crippen LogP contribution in [-0.4, -0.2) is 29.8 Å². The second-order valence-electron chi connectivity index (χ2n) is 5.71. The maximum absolute atomic E-state index is 12.3. The number of nitrogens with zero attached hydrogens (tertiary/aromatic N) is 2. The fourth-order valence-corrected chi connectivity index (χ4v) is 2.44. The molecule has 0 spiro atoms. The summed E-state index contributed by atoms with van der Waals surface area (Å²) in [6.45, 7) is 3.42. The van der Waals surface area contributed by atoms with Crippen LogP contribution < -0.4 is 11.1 Å². The number of nitriles is 1. The third-order valence-corrected chi connectivity index (χ3v) is 3.97. The molecule has 23 heavy (non-hydrogen) atoms. The molecule has 0 unspecified atom stereocenters. The van der Waals surface area contributed by atoms with Gasteiger partial charge in [-0.3, -0.25) is 9.59 Å². The molecule has 1 saturated heterocycles. The van der Waals surface area contributed by atoms with Gasteiger partial charge in [0, 0.05) is 25.0 Å². The maximum atomic E-state index is 12.3. The molecule has 1 fully saturated rings. The highest BCUT2D eigenvalue weighted by Crippen LogP contribution is 2.17. The van der Waals surface area contributed by atoms with Gasteiger partial charge in [-0.2, -0.15) is 5.26 Å². The second kappa shape index (κ2) is 7.45. The molecular weight excluding hydrogens is 292 g/mol. The van der Waals surface area contributed by atoms with Gasteiger partial charge in [0.05, 0.1) is 5.56 Å². The van der Waals surface area contributed by atoms with E-state index in [4.69, 9.17) is 5.73 Å². The molecule has 1 aromatic rings. The van der Waals surface area contributed by atoms with Crippen LogP contribution in [0.5, 0.6) is 0 Å². The fourth-order valence-electron chi connectivity index (χ4n) is 2.44. The average molecular weight is 312 g/mol. The van der Waals surface area contributed by atoms with E-state index >= 15 is 0 Å². The molecule has 120 valence electrons. The normalized spacial score (nSPS) is 15.8. The number of para-hydroxylation sites is 1. The van der Waals surface area contributed by atoms with Crippen LogP contribution in [-0.2, 0) is 4.79 Å². The molecule has 0 aliphatic carbocycles. The summed E-state index contributed by atoms with van der Waals surface area (Å²) in [5.41, 5.74) is 6.29. The van der Waals surface area contributed by atoms with Crippen molar-refractivity contribution in [1.29, 1.82) is 5.26 Å². The summed E-state index contributed by atoms with van der Waals surface area (Å²) in [4.78, 5) is 26.0. The number of anilines is 1. The number of nitrogens with one attached hydrogen (secondary N) is 1. The molecular formula is C17H20N4O2. The van der Waals surface area contributed by atoms with Crippen LogP contribution in [0.25, 0.3) is 0 Å². The fraction of sp³-hybridized carbons (Fsp3) is 0.353. The Bertz CT molecular complexity index is 667. The van der Waals surface area contributed by atoms with Gasteiger partial charge in [0.25, 0.3) is 11.8 Å². The smallest absolute Gasteiger partial charge is 0.266 e. The third-order valence-electron chi connectivity index (χ3n) is 3.97. The van der Waals surface area contributed by atoms with Crippen LogP contribution in [0.2, 0.25) is 0 Å². The minimum atomic E-state index is -0.448. The lowest BCUT2D eigenvalue weighted by molar-refractivity contribution is -0.128. The van der Waals surface area contributed by atoms with E-state index in [0.29, 0.717) is 30.3 Å². The predicted molar refractivity (Wildman–Crippen MR) is 87.0 cm³/mol. The Kier molecular flexibility index (Phi) is 5.36. The lowest BCUT2D eigenvalue weighted by Gasteiger charge is -2.30. The second-order valence-corrected chi connectivity index (χ2v) is 5.71. The highest BCUT2D eigenvalue weighted by molar-refractivity contribution is 6.01. The van der Waals surface area contributed by atoms with E-state index in [2.05, 4.69) is 12.2 Å². The van der Waals surface area contributed by atoms with Crippen molar-refractivity contribution in [2.24, 2.45) is 5.92 Å². The zero-order valence-corrected chi connectivity index (χ0v) is 13.1. The lowest BCUT2D eigenvalue weighted by Crippen LogP contribution is -2.39. The average Bonchev–Trinajstić information content (AvgIpc) is 2.56. The zero-order chi connectivity index (χ0) is 16.8. The largest absolute Gasteiger partial charge is 0.398 e. The first kappa shape index (κ1) is 16.6. The van der Waals surface area contributed by atoms with Gasteiger partial charge in [0.1, 0.15) is 11.6 Å². The van der Waals surface area contributed by atoms with Gasteiger partial charge in [-0.15, -0.1) is 0 Å². The SMILES string of the molecule is CC1CCN(C(=O)/C(C#N)=C\NC(=O)c2ccccc2N)CC1. The molecule has 6 heteroatoms. The Labute approximate surface area is 135 Å². The first-order valence-electron chi connectivity index (χ1n) is 7.58. The molecule has 0 aromatic heterocycles. The highest BCUT2D eigenvalue weighted by atomic mass is 16.2.